The fraction of sp³-hybridized carbons (Fsp3) is 0.304. The number of benzene rings is 2. The predicted octanol–water partition coefficient (Wildman–Crippen LogP) is 4.73. The van der Waals surface area contributed by atoms with Gasteiger partial charge in [0, 0.05) is 37.3 Å². The molecule has 0 aliphatic carbocycles. The molecule has 1 saturated heterocycles. The number of amides is 1. The third-order valence-electron chi connectivity index (χ3n) is 5.58. The zero-order chi connectivity index (χ0) is 21.3. The van der Waals surface area contributed by atoms with Gasteiger partial charge in [-0.15, -0.1) is 0 Å². The average molecular weight is 427 g/mol. The van der Waals surface area contributed by atoms with Gasteiger partial charge < -0.3 is 15.1 Å². The van der Waals surface area contributed by atoms with Crippen LogP contribution >= 0.6 is 11.6 Å². The van der Waals surface area contributed by atoms with Crippen molar-refractivity contribution in [2.75, 3.05) is 42.9 Å². The van der Waals surface area contributed by atoms with Crippen molar-refractivity contribution in [2.24, 2.45) is 0 Å². The molecule has 2 heterocycles. The van der Waals surface area contributed by atoms with Crippen LogP contribution in [0, 0.1) is 12.7 Å². The minimum Gasteiger partial charge on any atom is -0.354 e. The summed E-state index contributed by atoms with van der Waals surface area (Å²) in [5.41, 5.74) is 2.86. The predicted molar refractivity (Wildman–Crippen MR) is 120 cm³/mol. The molecule has 1 N–H and O–H groups in total. The number of aryl methyl sites for hydroxylation is 1. The molecule has 0 radical (unpaired) electrons. The van der Waals surface area contributed by atoms with E-state index < -0.39 is 5.82 Å². The molecule has 30 heavy (non-hydrogen) atoms. The Balaban J connectivity index is 1.56. The van der Waals surface area contributed by atoms with Gasteiger partial charge in [0.25, 0.3) is 5.91 Å². The van der Waals surface area contributed by atoms with E-state index in [0.29, 0.717) is 5.69 Å². The minimum atomic E-state index is -0.476. The number of fused-ring (bicyclic) bond motifs is 1. The first-order chi connectivity index (χ1) is 14.4. The normalized spacial score (nSPS) is 14.9. The van der Waals surface area contributed by atoms with E-state index in [4.69, 9.17) is 16.6 Å². The van der Waals surface area contributed by atoms with Crippen LogP contribution in [0.1, 0.15) is 22.8 Å². The highest BCUT2D eigenvalue weighted by Gasteiger charge is 2.18. The van der Waals surface area contributed by atoms with Crippen LogP contribution < -0.4 is 10.2 Å². The highest BCUT2D eigenvalue weighted by molar-refractivity contribution is 6.34. The number of carbonyl (C=O) groups is 1. The molecule has 0 atom stereocenters. The van der Waals surface area contributed by atoms with E-state index >= 15 is 0 Å². The van der Waals surface area contributed by atoms with Crippen LogP contribution in [0.2, 0.25) is 5.02 Å². The van der Waals surface area contributed by atoms with Crippen LogP contribution in [0.3, 0.4) is 0 Å². The second-order valence-electron chi connectivity index (χ2n) is 7.53. The number of nitrogens with one attached hydrogen (secondary N) is 1. The molecule has 1 aromatic heterocycles. The van der Waals surface area contributed by atoms with E-state index in [0.717, 1.165) is 61.1 Å². The molecular weight excluding hydrogens is 403 g/mol. The summed E-state index contributed by atoms with van der Waals surface area (Å²) >= 11 is 6.00. The molecule has 0 saturated carbocycles. The number of anilines is 2. The maximum absolute atomic E-state index is 13.2. The summed E-state index contributed by atoms with van der Waals surface area (Å²) in [4.78, 5) is 22.1. The molecule has 1 fully saturated rings. The Bertz CT molecular complexity index is 1100. The van der Waals surface area contributed by atoms with Gasteiger partial charge in [-0.25, -0.2) is 9.37 Å². The first kappa shape index (κ1) is 20.6. The van der Waals surface area contributed by atoms with Crippen LogP contribution in [0.15, 0.2) is 42.5 Å². The first-order valence-electron chi connectivity index (χ1n) is 10.1. The number of hydrogen-bond donors (Lipinski definition) is 1. The number of nitrogens with zero attached hydrogens (tertiary/aromatic N) is 3. The quantitative estimate of drug-likeness (QED) is 0.655. The monoisotopic (exact) mass is 426 g/mol. The Kier molecular flexibility index (Phi) is 5.88. The molecule has 156 valence electrons. The fourth-order valence-corrected chi connectivity index (χ4v) is 4.03. The second-order valence-corrected chi connectivity index (χ2v) is 7.94. The lowest BCUT2D eigenvalue weighted by molar-refractivity contribution is 0.102. The van der Waals surface area contributed by atoms with E-state index in [1.807, 2.05) is 18.2 Å². The van der Waals surface area contributed by atoms with Crippen molar-refractivity contribution in [3.63, 3.8) is 0 Å². The molecular formula is C23H24ClFN4O. The van der Waals surface area contributed by atoms with Gasteiger partial charge in [0.1, 0.15) is 11.6 Å². The number of halogens is 2. The Morgan fingerprint density at radius 1 is 1.13 bits per heavy atom. The van der Waals surface area contributed by atoms with Crippen LogP contribution in [-0.2, 0) is 0 Å². The van der Waals surface area contributed by atoms with Crippen LogP contribution in [0.5, 0.6) is 0 Å². The minimum absolute atomic E-state index is 0.0824. The van der Waals surface area contributed by atoms with Gasteiger partial charge in [-0.05, 0) is 61.5 Å². The third-order valence-corrected chi connectivity index (χ3v) is 5.89. The molecule has 3 aromatic rings. The van der Waals surface area contributed by atoms with Crippen molar-refractivity contribution in [1.82, 2.24) is 9.88 Å². The number of likely N-dealkylation sites (N-methyl/N-ethyl adjacent to an activating group) is 1. The SMILES string of the molecule is CCN1CCN(c2cc(C)c3cc(NC(=O)c4ccc(F)cc4Cl)ccc3n2)CC1. The second kappa shape index (κ2) is 8.58. The lowest BCUT2D eigenvalue weighted by Crippen LogP contribution is -2.46. The standard InChI is InChI=1S/C23H24ClFN4O/c1-3-28-8-10-29(11-9-28)22-12-15(2)19-14-17(5-7-21(19)27-22)26-23(30)18-6-4-16(25)13-20(18)24/h4-7,12-14H,3,8-11H2,1-2H3,(H,26,30). The Hall–Kier alpha value is -2.70. The van der Waals surface area contributed by atoms with Crippen molar-refractivity contribution >= 4 is 39.9 Å². The number of aromatic nitrogens is 1. The summed E-state index contributed by atoms with van der Waals surface area (Å²) < 4.78 is 13.2. The fourth-order valence-electron chi connectivity index (χ4n) is 3.78. The van der Waals surface area contributed by atoms with Gasteiger partial charge in [-0.3, -0.25) is 4.79 Å². The van der Waals surface area contributed by atoms with Gasteiger partial charge in [0.2, 0.25) is 0 Å². The summed E-state index contributed by atoms with van der Waals surface area (Å²) in [5, 5.41) is 3.90. The summed E-state index contributed by atoms with van der Waals surface area (Å²) in [7, 11) is 0. The van der Waals surface area contributed by atoms with E-state index in [-0.39, 0.29) is 16.5 Å². The summed E-state index contributed by atoms with van der Waals surface area (Å²) in [6, 6.07) is 11.5. The third kappa shape index (κ3) is 4.25. The topological polar surface area (TPSA) is 48.5 Å². The first-order valence-corrected chi connectivity index (χ1v) is 10.5. The molecule has 2 aromatic carbocycles. The molecule has 1 amide bonds. The number of rotatable bonds is 4. The van der Waals surface area contributed by atoms with Gasteiger partial charge in [0.05, 0.1) is 16.1 Å². The lowest BCUT2D eigenvalue weighted by atomic mass is 10.1. The van der Waals surface area contributed by atoms with Crippen LogP contribution in [0.25, 0.3) is 10.9 Å². The summed E-state index contributed by atoms with van der Waals surface area (Å²) in [5.74, 6) is 0.136. The molecule has 5 nitrogen and oxygen atoms in total. The van der Waals surface area contributed by atoms with Crippen LogP contribution in [-0.4, -0.2) is 48.5 Å². The number of carbonyl (C=O) groups excluding carboxylic acids is 1. The van der Waals surface area contributed by atoms with Crippen molar-refractivity contribution < 1.29 is 9.18 Å². The Morgan fingerprint density at radius 3 is 2.60 bits per heavy atom. The van der Waals surface area contributed by atoms with Crippen molar-refractivity contribution in [3.05, 3.63) is 64.4 Å². The van der Waals surface area contributed by atoms with Crippen molar-refractivity contribution in [3.8, 4) is 0 Å². The number of hydrogen-bond acceptors (Lipinski definition) is 4. The van der Waals surface area contributed by atoms with E-state index in [9.17, 15) is 9.18 Å². The van der Waals surface area contributed by atoms with Gasteiger partial charge >= 0.3 is 0 Å². The molecule has 7 heteroatoms. The van der Waals surface area contributed by atoms with Crippen LogP contribution in [0.4, 0.5) is 15.9 Å². The molecule has 0 unspecified atom stereocenters. The zero-order valence-corrected chi connectivity index (χ0v) is 17.8. The molecule has 4 rings (SSSR count). The zero-order valence-electron chi connectivity index (χ0n) is 17.1. The Morgan fingerprint density at radius 2 is 1.90 bits per heavy atom. The summed E-state index contributed by atoms with van der Waals surface area (Å²) in [6.45, 7) is 9.36. The van der Waals surface area contributed by atoms with Crippen molar-refractivity contribution in [1.29, 1.82) is 0 Å². The van der Waals surface area contributed by atoms with Crippen molar-refractivity contribution in [2.45, 2.75) is 13.8 Å². The molecule has 0 spiro atoms. The van der Waals surface area contributed by atoms with E-state index in [2.05, 4.69) is 35.0 Å². The Labute approximate surface area is 180 Å². The van der Waals surface area contributed by atoms with Gasteiger partial charge in [-0.1, -0.05) is 18.5 Å². The smallest absolute Gasteiger partial charge is 0.257 e. The van der Waals surface area contributed by atoms with Gasteiger partial charge in [0.15, 0.2) is 0 Å². The maximum atomic E-state index is 13.2. The largest absolute Gasteiger partial charge is 0.354 e. The highest BCUT2D eigenvalue weighted by atomic mass is 35.5. The van der Waals surface area contributed by atoms with E-state index in [1.54, 1.807) is 0 Å². The average Bonchev–Trinajstić information content (AvgIpc) is 2.74. The lowest BCUT2D eigenvalue weighted by Gasteiger charge is -2.35. The highest BCUT2D eigenvalue weighted by Crippen LogP contribution is 2.27. The molecule has 1 aliphatic rings. The maximum Gasteiger partial charge on any atom is 0.257 e. The number of piperazine rings is 1. The van der Waals surface area contributed by atoms with E-state index in [1.165, 1.54) is 12.1 Å². The van der Waals surface area contributed by atoms with Gasteiger partial charge in [-0.2, -0.15) is 0 Å². The molecule has 1 aliphatic heterocycles. The number of pyridine rings is 1. The molecule has 0 bridgehead atoms. The summed E-state index contributed by atoms with van der Waals surface area (Å²) in [6.07, 6.45) is 0.